The van der Waals surface area contributed by atoms with Crippen LogP contribution in [-0.4, -0.2) is 38.1 Å². The number of hydrogen-bond donors (Lipinski definition) is 1. The molecule has 3 nitrogen and oxygen atoms in total. The topological polar surface area (TPSA) is 32.5 Å². The van der Waals surface area contributed by atoms with Crippen molar-refractivity contribution >= 4 is 11.4 Å². The number of likely N-dealkylation sites (tertiary alicyclic amines) is 1. The van der Waals surface area contributed by atoms with Crippen molar-refractivity contribution in [1.82, 2.24) is 4.90 Å². The van der Waals surface area contributed by atoms with Crippen molar-refractivity contribution in [1.29, 1.82) is 0 Å². The Labute approximate surface area is 102 Å². The molecule has 1 aromatic rings. The number of nitrogens with zero attached hydrogens (tertiary/aromatic N) is 2. The largest absolute Gasteiger partial charge is 0.399 e. The van der Waals surface area contributed by atoms with Gasteiger partial charge in [-0.15, -0.1) is 0 Å². The van der Waals surface area contributed by atoms with E-state index in [0.717, 1.165) is 25.9 Å². The van der Waals surface area contributed by atoms with Crippen LogP contribution in [0.25, 0.3) is 0 Å². The molecule has 1 aromatic carbocycles. The smallest absolute Gasteiger partial charge is 0.148 e. The number of nitrogen functional groups attached to an aromatic ring is 1. The van der Waals surface area contributed by atoms with Crippen LogP contribution in [0.15, 0.2) is 18.2 Å². The van der Waals surface area contributed by atoms with Gasteiger partial charge in [0.05, 0.1) is 5.69 Å². The summed E-state index contributed by atoms with van der Waals surface area (Å²) in [6.07, 6.45) is 2.16. The second-order valence-corrected chi connectivity index (χ2v) is 4.86. The standard InChI is InChI=1S/C13H20FN3/c1-16-7-5-11(6-8-16)17(2)13-4-3-10(15)9-12(13)14/h3-4,9,11H,5-8,15H2,1-2H3. The fraction of sp³-hybridized carbons (Fsp3) is 0.538. The molecule has 4 heteroatoms. The van der Waals surface area contributed by atoms with Crippen molar-refractivity contribution in [3.63, 3.8) is 0 Å². The van der Waals surface area contributed by atoms with Crippen molar-refractivity contribution in [3.8, 4) is 0 Å². The zero-order valence-corrected chi connectivity index (χ0v) is 10.5. The molecular weight excluding hydrogens is 217 g/mol. The molecule has 0 radical (unpaired) electrons. The molecule has 2 N–H and O–H groups in total. The monoisotopic (exact) mass is 237 g/mol. The van der Waals surface area contributed by atoms with Gasteiger partial charge in [0.25, 0.3) is 0 Å². The van der Waals surface area contributed by atoms with E-state index in [2.05, 4.69) is 11.9 Å². The lowest BCUT2D eigenvalue weighted by Gasteiger charge is -2.36. The predicted octanol–water partition coefficient (Wildman–Crippen LogP) is 1.94. The second kappa shape index (κ2) is 4.92. The molecule has 0 aromatic heterocycles. The summed E-state index contributed by atoms with van der Waals surface area (Å²) in [6, 6.07) is 5.33. The highest BCUT2D eigenvalue weighted by atomic mass is 19.1. The summed E-state index contributed by atoms with van der Waals surface area (Å²) in [5, 5.41) is 0. The van der Waals surface area contributed by atoms with Crippen LogP contribution in [0.5, 0.6) is 0 Å². The fourth-order valence-electron chi connectivity index (χ4n) is 2.39. The van der Waals surface area contributed by atoms with Crippen molar-refractivity contribution in [3.05, 3.63) is 24.0 Å². The van der Waals surface area contributed by atoms with E-state index in [1.54, 1.807) is 12.1 Å². The van der Waals surface area contributed by atoms with Gasteiger partial charge >= 0.3 is 0 Å². The molecule has 0 amide bonds. The highest BCUT2D eigenvalue weighted by Gasteiger charge is 2.22. The van der Waals surface area contributed by atoms with E-state index in [9.17, 15) is 4.39 Å². The minimum Gasteiger partial charge on any atom is -0.399 e. The Morgan fingerprint density at radius 2 is 2.00 bits per heavy atom. The number of halogens is 1. The highest BCUT2D eigenvalue weighted by molar-refractivity contribution is 5.54. The number of hydrogen-bond acceptors (Lipinski definition) is 3. The SMILES string of the molecule is CN1CCC(N(C)c2ccc(N)cc2F)CC1. The van der Waals surface area contributed by atoms with Crippen LogP contribution in [0.2, 0.25) is 0 Å². The Morgan fingerprint density at radius 3 is 2.59 bits per heavy atom. The van der Waals surface area contributed by atoms with Crippen LogP contribution in [0, 0.1) is 5.82 Å². The first-order valence-electron chi connectivity index (χ1n) is 6.04. The van der Waals surface area contributed by atoms with Gasteiger partial charge in [0.15, 0.2) is 0 Å². The van der Waals surface area contributed by atoms with E-state index in [4.69, 9.17) is 5.73 Å². The summed E-state index contributed by atoms with van der Waals surface area (Å²) in [4.78, 5) is 4.35. The average molecular weight is 237 g/mol. The molecule has 1 saturated heterocycles. The molecule has 0 aliphatic carbocycles. The molecule has 0 saturated carbocycles. The van der Waals surface area contributed by atoms with Gasteiger partial charge in [-0.1, -0.05) is 0 Å². The fourth-order valence-corrected chi connectivity index (χ4v) is 2.39. The van der Waals surface area contributed by atoms with E-state index in [1.807, 2.05) is 11.9 Å². The first kappa shape index (κ1) is 12.2. The molecule has 0 bridgehead atoms. The van der Waals surface area contributed by atoms with Crippen LogP contribution >= 0.6 is 0 Å². The highest BCUT2D eigenvalue weighted by Crippen LogP contribution is 2.25. The average Bonchev–Trinajstić information content (AvgIpc) is 2.29. The molecule has 94 valence electrons. The third-order valence-electron chi connectivity index (χ3n) is 3.59. The number of nitrogens with two attached hydrogens (primary N) is 1. The molecule has 1 aliphatic heterocycles. The first-order valence-corrected chi connectivity index (χ1v) is 6.04. The van der Waals surface area contributed by atoms with Gasteiger partial charge in [-0.3, -0.25) is 0 Å². The molecule has 1 aliphatic rings. The minimum atomic E-state index is -0.230. The lowest BCUT2D eigenvalue weighted by Crippen LogP contribution is -2.42. The summed E-state index contributed by atoms with van der Waals surface area (Å²) < 4.78 is 13.8. The second-order valence-electron chi connectivity index (χ2n) is 4.86. The molecular formula is C13H20FN3. The van der Waals surface area contributed by atoms with Crippen LogP contribution in [0.1, 0.15) is 12.8 Å². The third kappa shape index (κ3) is 2.69. The quantitative estimate of drug-likeness (QED) is 0.798. The molecule has 1 fully saturated rings. The van der Waals surface area contributed by atoms with Gasteiger partial charge in [-0.05, 0) is 51.2 Å². The molecule has 0 spiro atoms. The zero-order valence-electron chi connectivity index (χ0n) is 10.5. The van der Waals surface area contributed by atoms with Crippen molar-refractivity contribution in [2.24, 2.45) is 0 Å². The lowest BCUT2D eigenvalue weighted by atomic mass is 10.0. The van der Waals surface area contributed by atoms with Crippen molar-refractivity contribution in [2.75, 3.05) is 37.8 Å². The van der Waals surface area contributed by atoms with E-state index in [-0.39, 0.29) is 5.82 Å². The van der Waals surface area contributed by atoms with E-state index >= 15 is 0 Å². The van der Waals surface area contributed by atoms with E-state index in [1.165, 1.54) is 6.07 Å². The van der Waals surface area contributed by atoms with Gasteiger partial charge in [0, 0.05) is 18.8 Å². The van der Waals surface area contributed by atoms with Crippen LogP contribution in [0.4, 0.5) is 15.8 Å². The van der Waals surface area contributed by atoms with Gasteiger partial charge in [-0.25, -0.2) is 4.39 Å². The van der Waals surface area contributed by atoms with Crippen LogP contribution < -0.4 is 10.6 Å². The Bertz CT molecular complexity index is 386. The number of anilines is 2. The Balaban J connectivity index is 2.11. The minimum absolute atomic E-state index is 0.230. The Morgan fingerprint density at radius 1 is 1.35 bits per heavy atom. The van der Waals surface area contributed by atoms with Gasteiger partial charge < -0.3 is 15.5 Å². The first-order chi connectivity index (χ1) is 8.08. The van der Waals surface area contributed by atoms with Crippen LogP contribution in [0.3, 0.4) is 0 Å². The summed E-state index contributed by atoms with van der Waals surface area (Å²) in [7, 11) is 4.09. The van der Waals surface area contributed by atoms with Crippen LogP contribution in [-0.2, 0) is 0 Å². The number of rotatable bonds is 2. The number of benzene rings is 1. The van der Waals surface area contributed by atoms with E-state index in [0.29, 0.717) is 17.4 Å². The van der Waals surface area contributed by atoms with Gasteiger partial charge in [-0.2, -0.15) is 0 Å². The Kier molecular flexibility index (Phi) is 3.52. The predicted molar refractivity (Wildman–Crippen MR) is 69.7 cm³/mol. The summed E-state index contributed by atoms with van der Waals surface area (Å²) >= 11 is 0. The number of piperidine rings is 1. The molecule has 1 heterocycles. The van der Waals surface area contributed by atoms with Crippen molar-refractivity contribution < 1.29 is 4.39 Å². The maximum absolute atomic E-state index is 13.8. The zero-order chi connectivity index (χ0) is 12.4. The summed E-state index contributed by atoms with van der Waals surface area (Å²) in [6.45, 7) is 2.15. The Hall–Kier alpha value is -1.29. The summed E-state index contributed by atoms with van der Waals surface area (Å²) in [5.74, 6) is -0.230. The summed E-state index contributed by atoms with van der Waals surface area (Å²) in [5.41, 5.74) is 6.68. The molecule has 2 rings (SSSR count). The normalized spacial score (nSPS) is 18.3. The molecule has 0 unspecified atom stereocenters. The maximum Gasteiger partial charge on any atom is 0.148 e. The third-order valence-corrected chi connectivity index (χ3v) is 3.59. The van der Waals surface area contributed by atoms with E-state index < -0.39 is 0 Å². The molecule has 17 heavy (non-hydrogen) atoms. The lowest BCUT2D eigenvalue weighted by molar-refractivity contribution is 0.252. The maximum atomic E-state index is 13.8. The molecule has 0 atom stereocenters. The van der Waals surface area contributed by atoms with Gasteiger partial charge in [0.2, 0.25) is 0 Å². The van der Waals surface area contributed by atoms with Crippen molar-refractivity contribution in [2.45, 2.75) is 18.9 Å². The van der Waals surface area contributed by atoms with Gasteiger partial charge in [0.1, 0.15) is 5.82 Å².